The molecule has 19 heavy (non-hydrogen) atoms. The summed E-state index contributed by atoms with van der Waals surface area (Å²) in [6.45, 7) is 7.43. The van der Waals surface area contributed by atoms with Gasteiger partial charge in [0.05, 0.1) is 12.7 Å². The fourth-order valence-corrected chi connectivity index (χ4v) is 2.60. The lowest BCUT2D eigenvalue weighted by atomic mass is 9.94. The molecule has 2 aliphatic heterocycles. The van der Waals surface area contributed by atoms with Gasteiger partial charge in [0.15, 0.2) is 0 Å². The van der Waals surface area contributed by atoms with E-state index in [1.165, 1.54) is 0 Å². The van der Waals surface area contributed by atoms with E-state index in [0.29, 0.717) is 32.5 Å². The number of Topliss-reactive ketones (excluding diaryl/α,β-unsaturated/α-hetero) is 1. The van der Waals surface area contributed by atoms with Crippen LogP contribution in [-0.4, -0.2) is 48.2 Å². The summed E-state index contributed by atoms with van der Waals surface area (Å²) in [6.07, 6.45) is 1.62. The molecule has 0 N–H and O–H groups in total. The van der Waals surface area contributed by atoms with Crippen molar-refractivity contribution in [2.24, 2.45) is 5.92 Å². The maximum Gasteiger partial charge on any atom is 0.410 e. The smallest absolute Gasteiger partial charge is 0.410 e. The SMILES string of the molecule is CC(C)(C)OC(=O)N1CC[C@H]([C@@H]2CC(=O)CCO2)C1. The number of likely N-dealkylation sites (tertiary alicyclic amines) is 1. The molecule has 0 aromatic rings. The predicted octanol–water partition coefficient (Wildman–Crippen LogP) is 1.99. The lowest BCUT2D eigenvalue weighted by Gasteiger charge is -2.28. The molecule has 1 amide bonds. The van der Waals surface area contributed by atoms with E-state index in [1.807, 2.05) is 20.8 Å². The largest absolute Gasteiger partial charge is 0.444 e. The minimum atomic E-state index is -0.466. The molecule has 0 saturated carbocycles. The van der Waals surface area contributed by atoms with Crippen LogP contribution in [0.5, 0.6) is 0 Å². The number of amides is 1. The summed E-state index contributed by atoms with van der Waals surface area (Å²) in [5, 5.41) is 0. The number of hydrogen-bond acceptors (Lipinski definition) is 4. The minimum absolute atomic E-state index is 0.0197. The van der Waals surface area contributed by atoms with E-state index in [0.717, 1.165) is 6.42 Å². The Balaban J connectivity index is 1.85. The quantitative estimate of drug-likeness (QED) is 0.730. The number of ketones is 1. The number of carbonyl (C=O) groups excluding carboxylic acids is 2. The van der Waals surface area contributed by atoms with Crippen molar-refractivity contribution in [2.75, 3.05) is 19.7 Å². The molecular weight excluding hydrogens is 246 g/mol. The number of hydrogen-bond donors (Lipinski definition) is 0. The highest BCUT2D eigenvalue weighted by Gasteiger charge is 2.36. The van der Waals surface area contributed by atoms with Crippen molar-refractivity contribution in [3.05, 3.63) is 0 Å². The molecule has 2 fully saturated rings. The monoisotopic (exact) mass is 269 g/mol. The van der Waals surface area contributed by atoms with Gasteiger partial charge in [-0.3, -0.25) is 4.79 Å². The highest BCUT2D eigenvalue weighted by Crippen LogP contribution is 2.27. The van der Waals surface area contributed by atoms with E-state index in [1.54, 1.807) is 4.90 Å². The third-order valence-corrected chi connectivity index (χ3v) is 3.54. The normalized spacial score (nSPS) is 28.6. The lowest BCUT2D eigenvalue weighted by Crippen LogP contribution is -2.38. The number of carbonyl (C=O) groups is 2. The standard InChI is InChI=1S/C14H23NO4/c1-14(2,3)19-13(17)15-6-4-10(9-15)12-8-11(16)5-7-18-12/h10,12H,4-9H2,1-3H3/t10-,12-/m0/s1. The van der Waals surface area contributed by atoms with Crippen LogP contribution in [-0.2, 0) is 14.3 Å². The van der Waals surface area contributed by atoms with Gasteiger partial charge in [0.25, 0.3) is 0 Å². The molecule has 0 bridgehead atoms. The molecule has 0 aliphatic carbocycles. The van der Waals surface area contributed by atoms with E-state index >= 15 is 0 Å². The first-order valence-electron chi connectivity index (χ1n) is 6.96. The van der Waals surface area contributed by atoms with Crippen LogP contribution in [0.3, 0.4) is 0 Å². The first-order valence-corrected chi connectivity index (χ1v) is 6.96. The second-order valence-corrected chi connectivity index (χ2v) is 6.38. The van der Waals surface area contributed by atoms with Crippen molar-refractivity contribution in [3.63, 3.8) is 0 Å². The molecule has 0 aromatic heterocycles. The Morgan fingerprint density at radius 1 is 1.42 bits per heavy atom. The Morgan fingerprint density at radius 3 is 2.79 bits per heavy atom. The fourth-order valence-electron chi connectivity index (χ4n) is 2.60. The van der Waals surface area contributed by atoms with Crippen molar-refractivity contribution < 1.29 is 19.1 Å². The summed E-state index contributed by atoms with van der Waals surface area (Å²) in [5.74, 6) is 0.531. The summed E-state index contributed by atoms with van der Waals surface area (Å²) in [7, 11) is 0. The molecule has 2 heterocycles. The third kappa shape index (κ3) is 3.93. The van der Waals surface area contributed by atoms with Gasteiger partial charge < -0.3 is 14.4 Å². The Kier molecular flexibility index (Phi) is 4.13. The summed E-state index contributed by atoms with van der Waals surface area (Å²) in [6, 6.07) is 0. The minimum Gasteiger partial charge on any atom is -0.444 e. The molecule has 2 saturated heterocycles. The summed E-state index contributed by atoms with van der Waals surface area (Å²) in [5.41, 5.74) is -0.466. The molecule has 2 atom stereocenters. The Labute approximate surface area is 114 Å². The second kappa shape index (κ2) is 5.49. The average Bonchev–Trinajstić information content (AvgIpc) is 2.75. The van der Waals surface area contributed by atoms with Crippen LogP contribution in [0.15, 0.2) is 0 Å². The van der Waals surface area contributed by atoms with Crippen molar-refractivity contribution >= 4 is 11.9 Å². The highest BCUT2D eigenvalue weighted by molar-refractivity contribution is 5.79. The van der Waals surface area contributed by atoms with Gasteiger partial charge in [-0.15, -0.1) is 0 Å². The molecule has 0 aromatic carbocycles. The topological polar surface area (TPSA) is 55.8 Å². The van der Waals surface area contributed by atoms with Gasteiger partial charge in [-0.2, -0.15) is 0 Å². The van der Waals surface area contributed by atoms with Crippen molar-refractivity contribution in [1.82, 2.24) is 4.90 Å². The van der Waals surface area contributed by atoms with E-state index in [4.69, 9.17) is 9.47 Å². The first-order chi connectivity index (χ1) is 8.85. The molecule has 108 valence electrons. The van der Waals surface area contributed by atoms with Crippen molar-refractivity contribution in [1.29, 1.82) is 0 Å². The molecule has 5 heteroatoms. The maximum atomic E-state index is 11.9. The van der Waals surface area contributed by atoms with Gasteiger partial charge in [0.2, 0.25) is 0 Å². The summed E-state index contributed by atoms with van der Waals surface area (Å²) < 4.78 is 11.0. The Bertz CT molecular complexity index is 361. The van der Waals surface area contributed by atoms with Crippen LogP contribution in [0.25, 0.3) is 0 Å². The van der Waals surface area contributed by atoms with Gasteiger partial charge in [0, 0.05) is 31.8 Å². The van der Waals surface area contributed by atoms with E-state index in [-0.39, 0.29) is 23.9 Å². The zero-order valence-electron chi connectivity index (χ0n) is 12.0. The predicted molar refractivity (Wildman–Crippen MR) is 69.9 cm³/mol. The van der Waals surface area contributed by atoms with Crippen LogP contribution in [0.4, 0.5) is 4.79 Å². The zero-order valence-corrected chi connectivity index (χ0v) is 12.0. The Morgan fingerprint density at radius 2 is 2.16 bits per heavy atom. The van der Waals surface area contributed by atoms with Gasteiger partial charge in [0.1, 0.15) is 11.4 Å². The fraction of sp³-hybridized carbons (Fsp3) is 0.857. The molecule has 2 rings (SSSR count). The molecule has 0 unspecified atom stereocenters. The van der Waals surface area contributed by atoms with Crippen LogP contribution >= 0.6 is 0 Å². The number of rotatable bonds is 1. The van der Waals surface area contributed by atoms with Crippen molar-refractivity contribution in [2.45, 2.75) is 51.7 Å². The zero-order chi connectivity index (χ0) is 14.0. The summed E-state index contributed by atoms with van der Waals surface area (Å²) in [4.78, 5) is 25.1. The van der Waals surface area contributed by atoms with E-state index in [9.17, 15) is 9.59 Å². The molecular formula is C14H23NO4. The second-order valence-electron chi connectivity index (χ2n) is 6.38. The third-order valence-electron chi connectivity index (χ3n) is 3.54. The molecule has 0 radical (unpaired) electrons. The van der Waals surface area contributed by atoms with E-state index in [2.05, 4.69) is 0 Å². The number of nitrogens with zero attached hydrogens (tertiary/aromatic N) is 1. The van der Waals surface area contributed by atoms with Crippen LogP contribution in [0.1, 0.15) is 40.0 Å². The maximum absolute atomic E-state index is 11.9. The Hall–Kier alpha value is -1.10. The molecule has 0 spiro atoms. The molecule has 2 aliphatic rings. The van der Waals surface area contributed by atoms with E-state index < -0.39 is 5.60 Å². The first kappa shape index (κ1) is 14.3. The van der Waals surface area contributed by atoms with Gasteiger partial charge in [-0.1, -0.05) is 0 Å². The lowest BCUT2D eigenvalue weighted by molar-refractivity contribution is -0.130. The van der Waals surface area contributed by atoms with Gasteiger partial charge in [-0.25, -0.2) is 4.79 Å². The van der Waals surface area contributed by atoms with Crippen LogP contribution in [0.2, 0.25) is 0 Å². The van der Waals surface area contributed by atoms with Crippen LogP contribution < -0.4 is 0 Å². The highest BCUT2D eigenvalue weighted by atomic mass is 16.6. The van der Waals surface area contributed by atoms with Gasteiger partial charge in [-0.05, 0) is 27.2 Å². The number of ether oxygens (including phenoxy) is 2. The molecule has 5 nitrogen and oxygen atoms in total. The summed E-state index contributed by atoms with van der Waals surface area (Å²) >= 11 is 0. The van der Waals surface area contributed by atoms with Crippen LogP contribution in [0, 0.1) is 5.92 Å². The van der Waals surface area contributed by atoms with Gasteiger partial charge >= 0.3 is 6.09 Å². The average molecular weight is 269 g/mol. The van der Waals surface area contributed by atoms with Crippen molar-refractivity contribution in [3.8, 4) is 0 Å².